The summed E-state index contributed by atoms with van der Waals surface area (Å²) in [5.41, 5.74) is -0.216. The predicted octanol–water partition coefficient (Wildman–Crippen LogP) is 1.49. The molecule has 1 heterocycles. The van der Waals surface area contributed by atoms with E-state index in [1.807, 2.05) is 0 Å². The van der Waals surface area contributed by atoms with Gasteiger partial charge in [-0.25, -0.2) is 8.78 Å². The van der Waals surface area contributed by atoms with Gasteiger partial charge in [0.25, 0.3) is 0 Å². The molecule has 1 saturated heterocycles. The van der Waals surface area contributed by atoms with Crippen molar-refractivity contribution in [3.8, 4) is 0 Å². The number of hydrogen-bond acceptors (Lipinski definition) is 3. The lowest BCUT2D eigenvalue weighted by Crippen LogP contribution is -2.36. The standard InChI is InChI=1S/C12H12F2O3/c13-9-2-1-3-10(14)8(9)6-11(15)12-7-16-4-5-17-12/h1-3,12H,4-7H2. The van der Waals surface area contributed by atoms with Gasteiger partial charge in [0.05, 0.1) is 19.8 Å². The molecule has 1 aliphatic rings. The van der Waals surface area contributed by atoms with Crippen molar-refractivity contribution in [1.29, 1.82) is 0 Å². The van der Waals surface area contributed by atoms with Crippen molar-refractivity contribution in [3.63, 3.8) is 0 Å². The molecule has 1 unspecified atom stereocenters. The number of carbonyl (C=O) groups excluding carboxylic acids is 1. The number of carbonyl (C=O) groups is 1. The van der Waals surface area contributed by atoms with E-state index < -0.39 is 17.7 Å². The molecule has 0 N–H and O–H groups in total. The van der Waals surface area contributed by atoms with Crippen molar-refractivity contribution in [1.82, 2.24) is 0 Å². The van der Waals surface area contributed by atoms with Gasteiger partial charge < -0.3 is 9.47 Å². The van der Waals surface area contributed by atoms with Crippen LogP contribution in [-0.4, -0.2) is 31.7 Å². The average molecular weight is 242 g/mol. The molecular weight excluding hydrogens is 230 g/mol. The zero-order valence-electron chi connectivity index (χ0n) is 9.12. The molecule has 0 amide bonds. The largest absolute Gasteiger partial charge is 0.376 e. The second-order valence-electron chi connectivity index (χ2n) is 3.78. The van der Waals surface area contributed by atoms with Crippen molar-refractivity contribution in [2.75, 3.05) is 19.8 Å². The first-order valence-corrected chi connectivity index (χ1v) is 5.33. The molecule has 5 heteroatoms. The van der Waals surface area contributed by atoms with E-state index in [0.29, 0.717) is 13.2 Å². The molecule has 0 aromatic heterocycles. The van der Waals surface area contributed by atoms with Gasteiger partial charge in [0, 0.05) is 12.0 Å². The van der Waals surface area contributed by atoms with Crippen LogP contribution >= 0.6 is 0 Å². The van der Waals surface area contributed by atoms with E-state index >= 15 is 0 Å². The molecule has 0 bridgehead atoms. The molecule has 0 aliphatic carbocycles. The Morgan fingerprint density at radius 2 is 2.00 bits per heavy atom. The van der Waals surface area contributed by atoms with Gasteiger partial charge in [0.1, 0.15) is 17.7 Å². The molecule has 1 atom stereocenters. The van der Waals surface area contributed by atoms with Gasteiger partial charge in [-0.2, -0.15) is 0 Å². The minimum Gasteiger partial charge on any atom is -0.376 e. The highest BCUT2D eigenvalue weighted by Gasteiger charge is 2.24. The van der Waals surface area contributed by atoms with Gasteiger partial charge in [0.15, 0.2) is 5.78 Å². The number of halogens is 2. The number of rotatable bonds is 3. The van der Waals surface area contributed by atoms with Crippen LogP contribution in [0.3, 0.4) is 0 Å². The Bertz CT molecular complexity index is 394. The maximum Gasteiger partial charge on any atom is 0.168 e. The predicted molar refractivity (Wildman–Crippen MR) is 55.6 cm³/mol. The van der Waals surface area contributed by atoms with E-state index in [4.69, 9.17) is 9.47 Å². The molecule has 3 nitrogen and oxygen atoms in total. The van der Waals surface area contributed by atoms with Gasteiger partial charge in [-0.05, 0) is 12.1 Å². The van der Waals surface area contributed by atoms with Crippen molar-refractivity contribution in [2.45, 2.75) is 12.5 Å². The summed E-state index contributed by atoms with van der Waals surface area (Å²) in [5.74, 6) is -1.79. The lowest BCUT2D eigenvalue weighted by Gasteiger charge is -2.21. The Labute approximate surface area is 97.3 Å². The molecule has 1 aromatic rings. The zero-order valence-corrected chi connectivity index (χ0v) is 9.12. The molecule has 0 saturated carbocycles. The van der Waals surface area contributed by atoms with Crippen LogP contribution in [0.2, 0.25) is 0 Å². The Hall–Kier alpha value is -1.33. The Morgan fingerprint density at radius 1 is 1.29 bits per heavy atom. The first kappa shape index (κ1) is 12.1. The molecule has 1 fully saturated rings. The third kappa shape index (κ3) is 2.87. The summed E-state index contributed by atoms with van der Waals surface area (Å²) in [6.45, 7) is 0.920. The van der Waals surface area contributed by atoms with Gasteiger partial charge in [-0.15, -0.1) is 0 Å². The van der Waals surface area contributed by atoms with E-state index in [-0.39, 0.29) is 24.4 Å². The Morgan fingerprint density at radius 3 is 2.59 bits per heavy atom. The van der Waals surface area contributed by atoms with E-state index in [0.717, 1.165) is 12.1 Å². The lowest BCUT2D eigenvalue weighted by molar-refractivity contribution is -0.144. The summed E-state index contributed by atoms with van der Waals surface area (Å²) in [4.78, 5) is 11.7. The number of benzene rings is 1. The van der Waals surface area contributed by atoms with Crippen molar-refractivity contribution >= 4 is 5.78 Å². The highest BCUT2D eigenvalue weighted by molar-refractivity contribution is 5.85. The fourth-order valence-corrected chi connectivity index (χ4v) is 1.66. The number of hydrogen-bond donors (Lipinski definition) is 0. The second-order valence-corrected chi connectivity index (χ2v) is 3.78. The first-order chi connectivity index (χ1) is 8.18. The Kier molecular flexibility index (Phi) is 3.81. The van der Waals surface area contributed by atoms with E-state index in [1.165, 1.54) is 6.07 Å². The van der Waals surface area contributed by atoms with Crippen LogP contribution < -0.4 is 0 Å². The number of ether oxygens (including phenoxy) is 2. The molecule has 1 aliphatic heterocycles. The summed E-state index contributed by atoms with van der Waals surface area (Å²) in [7, 11) is 0. The number of ketones is 1. The third-order valence-electron chi connectivity index (χ3n) is 2.59. The van der Waals surface area contributed by atoms with E-state index in [9.17, 15) is 13.6 Å². The Balaban J connectivity index is 2.07. The third-order valence-corrected chi connectivity index (χ3v) is 2.59. The maximum atomic E-state index is 13.3. The van der Waals surface area contributed by atoms with Gasteiger partial charge >= 0.3 is 0 Å². The maximum absolute atomic E-state index is 13.3. The summed E-state index contributed by atoms with van der Waals surface area (Å²) in [6.07, 6.45) is -1.03. The van der Waals surface area contributed by atoms with E-state index in [1.54, 1.807) is 0 Å². The molecule has 92 valence electrons. The minimum absolute atomic E-state index is 0.148. The summed E-state index contributed by atoms with van der Waals surface area (Å²) in [5, 5.41) is 0. The molecule has 0 radical (unpaired) electrons. The fraction of sp³-hybridized carbons (Fsp3) is 0.417. The minimum atomic E-state index is -0.720. The van der Waals surface area contributed by atoms with Crippen LogP contribution in [0.25, 0.3) is 0 Å². The van der Waals surface area contributed by atoms with Crippen LogP contribution in [0.15, 0.2) is 18.2 Å². The van der Waals surface area contributed by atoms with Crippen molar-refractivity contribution in [3.05, 3.63) is 35.4 Å². The molecular formula is C12H12F2O3. The van der Waals surface area contributed by atoms with E-state index in [2.05, 4.69) is 0 Å². The highest BCUT2D eigenvalue weighted by Crippen LogP contribution is 2.15. The smallest absolute Gasteiger partial charge is 0.168 e. The molecule has 1 aromatic carbocycles. The second kappa shape index (κ2) is 5.33. The van der Waals surface area contributed by atoms with Crippen molar-refractivity contribution < 1.29 is 23.0 Å². The van der Waals surface area contributed by atoms with Gasteiger partial charge in [-0.1, -0.05) is 6.07 Å². The molecule has 17 heavy (non-hydrogen) atoms. The number of Topliss-reactive ketones (excluding diaryl/α,β-unsaturated/α-hetero) is 1. The molecule has 0 spiro atoms. The molecule has 2 rings (SSSR count). The average Bonchev–Trinajstić information content (AvgIpc) is 2.35. The first-order valence-electron chi connectivity index (χ1n) is 5.33. The lowest BCUT2D eigenvalue weighted by atomic mass is 10.0. The highest BCUT2D eigenvalue weighted by atomic mass is 19.1. The SMILES string of the molecule is O=C(Cc1c(F)cccc1F)C1COCCO1. The van der Waals surface area contributed by atoms with Crippen LogP contribution in [-0.2, 0) is 20.7 Å². The zero-order chi connectivity index (χ0) is 12.3. The van der Waals surface area contributed by atoms with Crippen LogP contribution in [0.5, 0.6) is 0 Å². The van der Waals surface area contributed by atoms with Crippen LogP contribution in [0.4, 0.5) is 8.78 Å². The monoisotopic (exact) mass is 242 g/mol. The fourth-order valence-electron chi connectivity index (χ4n) is 1.66. The summed E-state index contributed by atoms with van der Waals surface area (Å²) in [6, 6.07) is 3.52. The summed E-state index contributed by atoms with van der Waals surface area (Å²) >= 11 is 0. The van der Waals surface area contributed by atoms with Gasteiger partial charge in [0.2, 0.25) is 0 Å². The van der Waals surface area contributed by atoms with Crippen molar-refractivity contribution in [2.24, 2.45) is 0 Å². The normalized spacial score (nSPS) is 20.2. The van der Waals surface area contributed by atoms with Crippen LogP contribution in [0.1, 0.15) is 5.56 Å². The quantitative estimate of drug-likeness (QED) is 0.805. The van der Waals surface area contributed by atoms with Gasteiger partial charge in [-0.3, -0.25) is 4.79 Å². The summed E-state index contributed by atoms with van der Waals surface area (Å²) < 4.78 is 36.9. The topological polar surface area (TPSA) is 35.5 Å². The van der Waals surface area contributed by atoms with Crippen LogP contribution in [0, 0.1) is 11.6 Å².